The van der Waals surface area contributed by atoms with Gasteiger partial charge in [0.25, 0.3) is 0 Å². The van der Waals surface area contributed by atoms with Gasteiger partial charge in [-0.3, -0.25) is 4.99 Å². The zero-order chi connectivity index (χ0) is 20.5. The lowest BCUT2D eigenvalue weighted by molar-refractivity contribution is 0.138. The summed E-state index contributed by atoms with van der Waals surface area (Å²) in [7, 11) is 0.130. The average molecular weight is 538 g/mol. The van der Waals surface area contributed by atoms with Crippen molar-refractivity contribution in [3.05, 3.63) is 30.3 Å². The molecule has 8 heteroatoms. The van der Waals surface area contributed by atoms with Crippen molar-refractivity contribution in [2.45, 2.75) is 56.4 Å². The monoisotopic (exact) mass is 537 g/mol. The minimum Gasteiger partial charge on any atom is -0.385 e. The van der Waals surface area contributed by atoms with Crippen molar-refractivity contribution >= 4 is 39.8 Å². The molecule has 0 amide bonds. The smallest absolute Gasteiger partial charge is 0.191 e. The van der Waals surface area contributed by atoms with Gasteiger partial charge in [-0.25, -0.2) is 8.42 Å². The molecule has 2 N–H and O–H groups in total. The molecule has 1 atom stereocenters. The predicted molar refractivity (Wildman–Crippen MR) is 130 cm³/mol. The van der Waals surface area contributed by atoms with Gasteiger partial charge in [0.15, 0.2) is 15.8 Å². The number of benzene rings is 1. The summed E-state index contributed by atoms with van der Waals surface area (Å²) in [5.74, 6) is 0.710. The number of hydrogen-bond acceptors (Lipinski definition) is 4. The van der Waals surface area contributed by atoms with Gasteiger partial charge in [-0.15, -0.1) is 24.0 Å². The summed E-state index contributed by atoms with van der Waals surface area (Å²) < 4.78 is 30.7. The Labute approximate surface area is 193 Å². The number of halogens is 1. The van der Waals surface area contributed by atoms with Gasteiger partial charge in [0.1, 0.15) is 0 Å². The van der Waals surface area contributed by atoms with E-state index in [0.29, 0.717) is 17.3 Å². The normalized spacial score (nSPS) is 17.4. The molecule has 6 nitrogen and oxygen atoms in total. The van der Waals surface area contributed by atoms with E-state index >= 15 is 0 Å². The van der Waals surface area contributed by atoms with Crippen LogP contribution in [0.15, 0.2) is 40.2 Å². The van der Waals surface area contributed by atoms with E-state index in [4.69, 9.17) is 4.74 Å². The summed E-state index contributed by atoms with van der Waals surface area (Å²) in [6.45, 7) is 3.58. The predicted octanol–water partition coefficient (Wildman–Crippen LogP) is 3.62. The first-order valence-electron chi connectivity index (χ1n) is 10.2. The Kier molecular flexibility index (Phi) is 11.5. The molecule has 1 aromatic carbocycles. The molecular formula is C21H36IN3O3S. The number of nitrogens with one attached hydrogen (secondary N) is 2. The van der Waals surface area contributed by atoms with Crippen molar-refractivity contribution in [1.82, 2.24) is 10.6 Å². The van der Waals surface area contributed by atoms with E-state index < -0.39 is 9.84 Å². The minimum atomic E-state index is -3.34. The molecule has 0 aromatic heterocycles. The van der Waals surface area contributed by atoms with E-state index in [2.05, 4.69) is 15.6 Å². The molecular weight excluding hydrogens is 501 g/mol. The van der Waals surface area contributed by atoms with E-state index in [-0.39, 0.29) is 41.2 Å². The maximum atomic E-state index is 12.7. The van der Waals surface area contributed by atoms with E-state index in [9.17, 15) is 8.42 Å². The fraction of sp³-hybridized carbons (Fsp3) is 0.667. The largest absolute Gasteiger partial charge is 0.385 e. The minimum absolute atomic E-state index is 0. The second kappa shape index (κ2) is 12.7. The maximum absolute atomic E-state index is 12.7. The van der Waals surface area contributed by atoms with Gasteiger partial charge in [-0.2, -0.15) is 0 Å². The Morgan fingerprint density at radius 3 is 2.45 bits per heavy atom. The van der Waals surface area contributed by atoms with Crippen LogP contribution in [0.25, 0.3) is 0 Å². The Balaban J connectivity index is 0.00000420. The van der Waals surface area contributed by atoms with Crippen LogP contribution in [-0.4, -0.2) is 53.5 Å². The molecule has 29 heavy (non-hydrogen) atoms. The van der Waals surface area contributed by atoms with Crippen molar-refractivity contribution in [3.63, 3.8) is 0 Å². The van der Waals surface area contributed by atoms with Crippen molar-refractivity contribution in [3.8, 4) is 0 Å². The van der Waals surface area contributed by atoms with Crippen LogP contribution in [0.3, 0.4) is 0 Å². The molecule has 0 aliphatic heterocycles. The summed E-state index contributed by atoms with van der Waals surface area (Å²) in [4.78, 5) is 4.68. The molecule has 1 aliphatic rings. The van der Waals surface area contributed by atoms with Gasteiger partial charge in [0.05, 0.1) is 10.6 Å². The quantitative estimate of drug-likeness (QED) is 0.271. The summed E-state index contributed by atoms with van der Waals surface area (Å²) in [5.41, 5.74) is 0.242. The Hall–Kier alpha value is -0.870. The first-order valence-corrected chi connectivity index (χ1v) is 11.8. The molecule has 1 saturated carbocycles. The van der Waals surface area contributed by atoms with Gasteiger partial charge in [0.2, 0.25) is 0 Å². The molecule has 0 bridgehead atoms. The number of aliphatic imine (C=N–C) groups is 1. The molecule has 1 aliphatic carbocycles. The van der Waals surface area contributed by atoms with Crippen molar-refractivity contribution in [1.29, 1.82) is 0 Å². The van der Waals surface area contributed by atoms with Gasteiger partial charge in [-0.1, -0.05) is 38.0 Å². The van der Waals surface area contributed by atoms with Crippen LogP contribution in [0.4, 0.5) is 0 Å². The molecule has 166 valence electrons. The second-order valence-corrected chi connectivity index (χ2v) is 9.75. The van der Waals surface area contributed by atoms with Crippen LogP contribution >= 0.6 is 24.0 Å². The summed E-state index contributed by atoms with van der Waals surface area (Å²) in [6, 6.07) is 8.42. The van der Waals surface area contributed by atoms with Crippen LogP contribution < -0.4 is 10.6 Å². The Bertz CT molecular complexity index is 720. The second-order valence-electron chi connectivity index (χ2n) is 7.72. The third-order valence-corrected chi connectivity index (χ3v) is 7.54. The number of nitrogens with zero attached hydrogens (tertiary/aromatic N) is 1. The number of sulfone groups is 1. The number of hydrogen-bond donors (Lipinski definition) is 2. The summed E-state index contributed by atoms with van der Waals surface area (Å²) in [6.07, 6.45) is 6.63. The third kappa shape index (κ3) is 8.05. The van der Waals surface area contributed by atoms with Crippen LogP contribution in [0.2, 0.25) is 0 Å². The standard InChI is InChI=1S/C21H35N3O3S.HI/c1-4-18(16-28(25,26)19-10-6-5-7-11-19)24-20(22-2)23-17-21(14-15-27-3)12-8-9-13-21;/h5-7,10-11,18H,4,8-9,12-17H2,1-3H3,(H2,22,23,24);1H. The number of rotatable bonds is 10. The highest BCUT2D eigenvalue weighted by Gasteiger charge is 2.33. The van der Waals surface area contributed by atoms with Crippen molar-refractivity contribution < 1.29 is 13.2 Å². The SMILES string of the molecule is CCC(CS(=O)(=O)c1ccccc1)NC(=NC)NCC1(CCOC)CCCC1.I. The number of methoxy groups -OCH3 is 1. The van der Waals surface area contributed by atoms with Crippen LogP contribution in [0.5, 0.6) is 0 Å². The molecule has 0 radical (unpaired) electrons. The first-order chi connectivity index (χ1) is 13.4. The zero-order valence-electron chi connectivity index (χ0n) is 17.8. The topological polar surface area (TPSA) is 79.8 Å². The summed E-state index contributed by atoms with van der Waals surface area (Å²) >= 11 is 0. The van der Waals surface area contributed by atoms with Gasteiger partial charge in [-0.05, 0) is 43.2 Å². The molecule has 0 saturated heterocycles. The lowest BCUT2D eigenvalue weighted by atomic mass is 9.83. The van der Waals surface area contributed by atoms with Crippen LogP contribution in [0, 0.1) is 5.41 Å². The zero-order valence-corrected chi connectivity index (χ0v) is 21.0. The first kappa shape index (κ1) is 26.2. The molecule has 0 heterocycles. The third-order valence-electron chi connectivity index (χ3n) is 5.71. The molecule has 2 rings (SSSR count). The fourth-order valence-electron chi connectivity index (χ4n) is 3.87. The highest BCUT2D eigenvalue weighted by atomic mass is 127. The summed E-state index contributed by atoms with van der Waals surface area (Å²) in [5, 5.41) is 6.74. The average Bonchev–Trinajstić information content (AvgIpc) is 3.18. The lowest BCUT2D eigenvalue weighted by Gasteiger charge is -2.30. The van der Waals surface area contributed by atoms with E-state index in [1.54, 1.807) is 38.4 Å². The molecule has 1 fully saturated rings. The Morgan fingerprint density at radius 1 is 1.24 bits per heavy atom. The van der Waals surface area contributed by atoms with E-state index in [0.717, 1.165) is 19.6 Å². The lowest BCUT2D eigenvalue weighted by Crippen LogP contribution is -2.48. The highest BCUT2D eigenvalue weighted by Crippen LogP contribution is 2.40. The van der Waals surface area contributed by atoms with Crippen molar-refractivity contribution in [2.75, 3.05) is 33.1 Å². The van der Waals surface area contributed by atoms with E-state index in [1.807, 2.05) is 13.0 Å². The number of guanidine groups is 1. The molecule has 1 aromatic rings. The fourth-order valence-corrected chi connectivity index (χ4v) is 5.48. The van der Waals surface area contributed by atoms with Gasteiger partial charge >= 0.3 is 0 Å². The maximum Gasteiger partial charge on any atom is 0.191 e. The van der Waals surface area contributed by atoms with Crippen LogP contribution in [0.1, 0.15) is 45.4 Å². The van der Waals surface area contributed by atoms with Crippen molar-refractivity contribution in [2.24, 2.45) is 10.4 Å². The number of ether oxygens (including phenoxy) is 1. The Morgan fingerprint density at radius 2 is 1.90 bits per heavy atom. The molecule has 0 spiro atoms. The van der Waals surface area contributed by atoms with E-state index in [1.165, 1.54) is 25.7 Å². The van der Waals surface area contributed by atoms with Gasteiger partial charge in [0, 0.05) is 33.4 Å². The van der Waals surface area contributed by atoms with Crippen LogP contribution in [-0.2, 0) is 14.6 Å². The highest BCUT2D eigenvalue weighted by molar-refractivity contribution is 14.0. The molecule has 1 unspecified atom stereocenters. The van der Waals surface area contributed by atoms with Gasteiger partial charge < -0.3 is 15.4 Å².